The molecule has 2 unspecified atom stereocenters. The van der Waals surface area contributed by atoms with E-state index in [2.05, 4.69) is 5.32 Å². The first-order valence-corrected chi connectivity index (χ1v) is 7.54. The van der Waals surface area contributed by atoms with Crippen LogP contribution >= 0.6 is 0 Å². The highest BCUT2D eigenvalue weighted by Crippen LogP contribution is 2.36. The third-order valence-corrected chi connectivity index (χ3v) is 5.16. The molecule has 0 bridgehead atoms. The van der Waals surface area contributed by atoms with Crippen molar-refractivity contribution in [3.8, 4) is 0 Å². The smallest absolute Gasteiger partial charge is 0.230 e. The molecule has 3 aliphatic heterocycles. The minimum Gasteiger partial charge on any atom is -0.381 e. The quantitative estimate of drug-likeness (QED) is 0.713. The molecule has 0 aromatic carbocycles. The van der Waals surface area contributed by atoms with E-state index in [0.717, 1.165) is 19.4 Å². The van der Waals surface area contributed by atoms with Crippen LogP contribution in [0.5, 0.6) is 0 Å². The second kappa shape index (κ2) is 5.33. The van der Waals surface area contributed by atoms with Crippen molar-refractivity contribution in [1.82, 2.24) is 10.2 Å². The van der Waals surface area contributed by atoms with Gasteiger partial charge in [0.15, 0.2) is 0 Å². The predicted molar refractivity (Wildman–Crippen MR) is 72.8 cm³/mol. The molecule has 3 aliphatic rings. The Bertz CT molecular complexity index is 406. The number of ether oxygens (including phenoxy) is 1. The number of hydrogen-bond donors (Lipinski definition) is 2. The summed E-state index contributed by atoms with van der Waals surface area (Å²) in [5.74, 6) is 0.207. The lowest BCUT2D eigenvalue weighted by Crippen LogP contribution is -2.57. The van der Waals surface area contributed by atoms with Gasteiger partial charge in [-0.05, 0) is 25.7 Å². The van der Waals surface area contributed by atoms with E-state index in [1.54, 1.807) is 0 Å². The van der Waals surface area contributed by atoms with Gasteiger partial charge in [-0.15, -0.1) is 0 Å². The Morgan fingerprint density at radius 2 is 2.20 bits per heavy atom. The number of rotatable bonds is 2. The van der Waals surface area contributed by atoms with E-state index < -0.39 is 5.41 Å². The summed E-state index contributed by atoms with van der Waals surface area (Å²) in [6, 6.07) is 0.0232. The zero-order chi connectivity index (χ0) is 14.2. The third kappa shape index (κ3) is 2.11. The Morgan fingerprint density at radius 3 is 2.90 bits per heavy atom. The Balaban J connectivity index is 1.80. The maximum atomic E-state index is 13.0. The van der Waals surface area contributed by atoms with Gasteiger partial charge in [0.05, 0.1) is 17.4 Å². The molecular formula is C14H23N3O3. The van der Waals surface area contributed by atoms with E-state index in [1.807, 2.05) is 4.90 Å². The summed E-state index contributed by atoms with van der Waals surface area (Å²) in [4.78, 5) is 26.7. The van der Waals surface area contributed by atoms with Crippen LogP contribution in [-0.2, 0) is 14.3 Å². The standard InChI is InChI=1S/C14H23N3O3/c15-9-14(3-6-20-7-4-14)13(19)17-5-1-2-10-11(17)8-16-12(10)18/h10-11H,1-9,15H2,(H,16,18). The lowest BCUT2D eigenvalue weighted by atomic mass is 9.77. The monoisotopic (exact) mass is 281 g/mol. The van der Waals surface area contributed by atoms with Gasteiger partial charge < -0.3 is 20.7 Å². The van der Waals surface area contributed by atoms with Crippen LogP contribution in [0.15, 0.2) is 0 Å². The summed E-state index contributed by atoms with van der Waals surface area (Å²) < 4.78 is 5.38. The Kier molecular flexibility index (Phi) is 3.69. The molecule has 6 nitrogen and oxygen atoms in total. The molecule has 3 saturated heterocycles. The van der Waals surface area contributed by atoms with Crippen molar-refractivity contribution < 1.29 is 14.3 Å². The van der Waals surface area contributed by atoms with Crippen molar-refractivity contribution in [2.45, 2.75) is 31.7 Å². The van der Waals surface area contributed by atoms with Crippen LogP contribution in [0.4, 0.5) is 0 Å². The number of likely N-dealkylation sites (tertiary alicyclic amines) is 1. The molecule has 3 heterocycles. The Labute approximate surface area is 119 Å². The first-order valence-electron chi connectivity index (χ1n) is 7.54. The number of amides is 2. The molecule has 3 rings (SSSR count). The second-order valence-corrected chi connectivity index (χ2v) is 6.16. The minimum atomic E-state index is -0.480. The summed E-state index contributed by atoms with van der Waals surface area (Å²) in [5.41, 5.74) is 5.44. The fourth-order valence-electron chi connectivity index (χ4n) is 3.78. The van der Waals surface area contributed by atoms with Crippen molar-refractivity contribution in [3.05, 3.63) is 0 Å². The molecule has 6 heteroatoms. The van der Waals surface area contributed by atoms with E-state index in [0.29, 0.717) is 39.1 Å². The van der Waals surface area contributed by atoms with Gasteiger partial charge in [0.2, 0.25) is 11.8 Å². The van der Waals surface area contributed by atoms with E-state index in [-0.39, 0.29) is 23.8 Å². The van der Waals surface area contributed by atoms with E-state index in [9.17, 15) is 9.59 Å². The first kappa shape index (κ1) is 13.8. The molecule has 0 spiro atoms. The van der Waals surface area contributed by atoms with Crippen LogP contribution in [0.1, 0.15) is 25.7 Å². The van der Waals surface area contributed by atoms with Crippen molar-refractivity contribution in [3.63, 3.8) is 0 Å². The van der Waals surface area contributed by atoms with Crippen LogP contribution in [0.2, 0.25) is 0 Å². The normalized spacial score (nSPS) is 32.6. The van der Waals surface area contributed by atoms with Crippen molar-refractivity contribution in [2.24, 2.45) is 17.1 Å². The molecule has 3 N–H and O–H groups in total. The van der Waals surface area contributed by atoms with Crippen molar-refractivity contribution in [2.75, 3.05) is 32.8 Å². The number of hydrogen-bond acceptors (Lipinski definition) is 4. The van der Waals surface area contributed by atoms with Gasteiger partial charge in [-0.3, -0.25) is 9.59 Å². The molecule has 2 amide bonds. The molecular weight excluding hydrogens is 258 g/mol. The van der Waals surface area contributed by atoms with Crippen LogP contribution in [0.25, 0.3) is 0 Å². The fraction of sp³-hybridized carbons (Fsp3) is 0.857. The topological polar surface area (TPSA) is 84.7 Å². The van der Waals surface area contributed by atoms with E-state index in [1.165, 1.54) is 0 Å². The molecule has 0 aromatic rings. The first-order chi connectivity index (χ1) is 9.68. The molecule has 3 fully saturated rings. The second-order valence-electron chi connectivity index (χ2n) is 6.16. The number of nitrogens with two attached hydrogens (primary N) is 1. The van der Waals surface area contributed by atoms with Crippen LogP contribution in [-0.4, -0.2) is 55.6 Å². The molecule has 20 heavy (non-hydrogen) atoms. The average Bonchev–Trinajstić information content (AvgIpc) is 2.89. The number of carbonyl (C=O) groups is 2. The number of fused-ring (bicyclic) bond motifs is 1. The number of nitrogens with one attached hydrogen (secondary N) is 1. The average molecular weight is 281 g/mol. The fourth-order valence-corrected chi connectivity index (χ4v) is 3.78. The summed E-state index contributed by atoms with van der Waals surface area (Å²) in [6.45, 7) is 2.90. The predicted octanol–water partition coefficient (Wildman–Crippen LogP) is -0.521. The molecule has 2 atom stereocenters. The Hall–Kier alpha value is -1.14. The van der Waals surface area contributed by atoms with Gasteiger partial charge in [-0.25, -0.2) is 0 Å². The van der Waals surface area contributed by atoms with Gasteiger partial charge in [0.25, 0.3) is 0 Å². The lowest BCUT2D eigenvalue weighted by Gasteiger charge is -2.43. The maximum Gasteiger partial charge on any atom is 0.230 e. The summed E-state index contributed by atoms with van der Waals surface area (Å²) >= 11 is 0. The number of carbonyl (C=O) groups excluding carboxylic acids is 2. The minimum absolute atomic E-state index is 0.0232. The van der Waals surface area contributed by atoms with Gasteiger partial charge in [-0.1, -0.05) is 0 Å². The summed E-state index contributed by atoms with van der Waals surface area (Å²) in [6.07, 6.45) is 3.17. The van der Waals surface area contributed by atoms with Gasteiger partial charge >= 0.3 is 0 Å². The molecule has 112 valence electrons. The molecule has 0 radical (unpaired) electrons. The summed E-state index contributed by atoms with van der Waals surface area (Å²) in [5, 5.41) is 2.89. The molecule has 0 aromatic heterocycles. The van der Waals surface area contributed by atoms with E-state index in [4.69, 9.17) is 10.5 Å². The van der Waals surface area contributed by atoms with Crippen molar-refractivity contribution >= 4 is 11.8 Å². The maximum absolute atomic E-state index is 13.0. The van der Waals surface area contributed by atoms with Crippen LogP contribution < -0.4 is 11.1 Å². The zero-order valence-electron chi connectivity index (χ0n) is 11.8. The highest BCUT2D eigenvalue weighted by molar-refractivity contribution is 5.87. The SMILES string of the molecule is NCC1(C(=O)N2CCCC3C(=O)NCC32)CCOCC1. The van der Waals surface area contributed by atoms with E-state index >= 15 is 0 Å². The van der Waals surface area contributed by atoms with Crippen LogP contribution in [0, 0.1) is 11.3 Å². The molecule has 0 aliphatic carbocycles. The van der Waals surface area contributed by atoms with Gasteiger partial charge in [0, 0.05) is 32.8 Å². The summed E-state index contributed by atoms with van der Waals surface area (Å²) in [7, 11) is 0. The zero-order valence-corrected chi connectivity index (χ0v) is 11.8. The van der Waals surface area contributed by atoms with Gasteiger partial charge in [0.1, 0.15) is 0 Å². The highest BCUT2D eigenvalue weighted by atomic mass is 16.5. The van der Waals surface area contributed by atoms with Crippen molar-refractivity contribution in [1.29, 1.82) is 0 Å². The van der Waals surface area contributed by atoms with Gasteiger partial charge in [-0.2, -0.15) is 0 Å². The molecule has 0 saturated carbocycles. The Morgan fingerprint density at radius 1 is 1.45 bits per heavy atom. The largest absolute Gasteiger partial charge is 0.381 e. The number of nitrogens with zero attached hydrogens (tertiary/aromatic N) is 1. The third-order valence-electron chi connectivity index (χ3n) is 5.16. The number of piperidine rings is 1. The highest BCUT2D eigenvalue weighted by Gasteiger charge is 2.48. The lowest BCUT2D eigenvalue weighted by molar-refractivity contribution is -0.152. The van der Waals surface area contributed by atoms with Crippen LogP contribution in [0.3, 0.4) is 0 Å².